The molecule has 140 valence electrons. The number of nitrogens with zero attached hydrogens (tertiary/aromatic N) is 2. The minimum atomic E-state index is -0.233. The molecule has 0 bridgehead atoms. The van der Waals surface area contributed by atoms with Gasteiger partial charge < -0.3 is 14.7 Å². The predicted octanol–water partition coefficient (Wildman–Crippen LogP) is 4.01. The van der Waals surface area contributed by atoms with Crippen molar-refractivity contribution in [2.24, 2.45) is 0 Å². The van der Waals surface area contributed by atoms with Crippen LogP contribution in [-0.4, -0.2) is 39.9 Å². The van der Waals surface area contributed by atoms with Crippen molar-refractivity contribution in [3.63, 3.8) is 0 Å². The second-order valence-corrected chi connectivity index (χ2v) is 7.32. The SMILES string of the molecule is CCN(Cc1ccc(Cl)c(Cl)c1)C(=O)CSCC(=O)Nc1cc(C)on1. The van der Waals surface area contributed by atoms with Gasteiger partial charge in [0.15, 0.2) is 5.82 Å². The first-order valence-corrected chi connectivity index (χ1v) is 9.82. The van der Waals surface area contributed by atoms with E-state index in [9.17, 15) is 9.59 Å². The zero-order valence-electron chi connectivity index (χ0n) is 14.4. The Morgan fingerprint density at radius 1 is 1.23 bits per heavy atom. The monoisotopic (exact) mass is 415 g/mol. The molecule has 1 N–H and O–H groups in total. The van der Waals surface area contributed by atoms with Crippen LogP contribution in [0.4, 0.5) is 5.82 Å². The zero-order chi connectivity index (χ0) is 19.1. The molecule has 0 unspecified atom stereocenters. The number of hydrogen-bond acceptors (Lipinski definition) is 5. The summed E-state index contributed by atoms with van der Waals surface area (Å²) in [6.45, 7) is 4.64. The molecule has 1 heterocycles. The van der Waals surface area contributed by atoms with Crippen molar-refractivity contribution < 1.29 is 14.1 Å². The highest BCUT2D eigenvalue weighted by Crippen LogP contribution is 2.23. The predicted molar refractivity (Wildman–Crippen MR) is 105 cm³/mol. The first kappa shape index (κ1) is 20.6. The summed E-state index contributed by atoms with van der Waals surface area (Å²) in [5, 5.41) is 7.24. The molecular weight excluding hydrogens is 397 g/mol. The number of aryl methyl sites for hydroxylation is 1. The molecular formula is C17H19Cl2N3O3S. The summed E-state index contributed by atoms with van der Waals surface area (Å²) in [6, 6.07) is 6.93. The van der Waals surface area contributed by atoms with Crippen molar-refractivity contribution in [3.05, 3.63) is 45.6 Å². The molecule has 2 aromatic rings. The number of halogens is 2. The summed E-state index contributed by atoms with van der Waals surface area (Å²) in [5.74, 6) is 1.07. The van der Waals surface area contributed by atoms with Gasteiger partial charge in [-0.1, -0.05) is 34.4 Å². The van der Waals surface area contributed by atoms with Crippen LogP contribution in [0.15, 0.2) is 28.8 Å². The van der Waals surface area contributed by atoms with E-state index < -0.39 is 0 Å². The molecule has 0 spiro atoms. The van der Waals surface area contributed by atoms with Gasteiger partial charge in [0, 0.05) is 19.2 Å². The van der Waals surface area contributed by atoms with Gasteiger partial charge in [0.2, 0.25) is 11.8 Å². The van der Waals surface area contributed by atoms with E-state index in [2.05, 4.69) is 10.5 Å². The van der Waals surface area contributed by atoms with Crippen molar-refractivity contribution in [3.8, 4) is 0 Å². The molecule has 2 amide bonds. The van der Waals surface area contributed by atoms with E-state index in [1.807, 2.05) is 13.0 Å². The van der Waals surface area contributed by atoms with Crippen molar-refractivity contribution in [1.82, 2.24) is 10.1 Å². The molecule has 0 saturated heterocycles. The fourth-order valence-corrected chi connectivity index (χ4v) is 3.20. The van der Waals surface area contributed by atoms with Gasteiger partial charge in [-0.25, -0.2) is 0 Å². The van der Waals surface area contributed by atoms with Gasteiger partial charge in [0.05, 0.1) is 21.6 Å². The van der Waals surface area contributed by atoms with E-state index in [4.69, 9.17) is 27.7 Å². The van der Waals surface area contributed by atoms with Crippen LogP contribution in [0.25, 0.3) is 0 Å². The Hall–Kier alpha value is -1.70. The Kier molecular flexibility index (Phi) is 7.81. The first-order chi connectivity index (χ1) is 12.4. The second-order valence-electron chi connectivity index (χ2n) is 5.52. The van der Waals surface area contributed by atoms with Crippen LogP contribution in [0, 0.1) is 6.92 Å². The summed E-state index contributed by atoms with van der Waals surface area (Å²) in [4.78, 5) is 25.9. The Bertz CT molecular complexity index is 782. The van der Waals surface area contributed by atoms with Crippen LogP contribution in [-0.2, 0) is 16.1 Å². The normalized spacial score (nSPS) is 10.6. The summed E-state index contributed by atoms with van der Waals surface area (Å²) in [7, 11) is 0. The number of thioether (sulfide) groups is 1. The number of carbonyl (C=O) groups excluding carboxylic acids is 2. The summed E-state index contributed by atoms with van der Waals surface area (Å²) >= 11 is 13.2. The number of benzene rings is 1. The Balaban J connectivity index is 1.79. The lowest BCUT2D eigenvalue weighted by molar-refractivity contribution is -0.128. The van der Waals surface area contributed by atoms with E-state index in [1.165, 1.54) is 11.8 Å². The van der Waals surface area contributed by atoms with Crippen LogP contribution in [0.2, 0.25) is 10.0 Å². The van der Waals surface area contributed by atoms with Gasteiger partial charge in [-0.2, -0.15) is 0 Å². The molecule has 0 saturated carbocycles. The van der Waals surface area contributed by atoms with E-state index in [0.29, 0.717) is 34.7 Å². The average Bonchev–Trinajstić information content (AvgIpc) is 3.00. The fourth-order valence-electron chi connectivity index (χ4n) is 2.16. The number of hydrogen-bond donors (Lipinski definition) is 1. The number of nitrogens with one attached hydrogen (secondary N) is 1. The average molecular weight is 416 g/mol. The van der Waals surface area contributed by atoms with Crippen LogP contribution < -0.4 is 5.32 Å². The smallest absolute Gasteiger partial charge is 0.235 e. The van der Waals surface area contributed by atoms with E-state index >= 15 is 0 Å². The summed E-state index contributed by atoms with van der Waals surface area (Å²) in [6.07, 6.45) is 0. The third-order valence-electron chi connectivity index (χ3n) is 3.45. The maximum absolute atomic E-state index is 12.4. The molecule has 0 fully saturated rings. The minimum Gasteiger partial charge on any atom is -0.360 e. The van der Waals surface area contributed by atoms with E-state index in [0.717, 1.165) is 5.56 Å². The summed E-state index contributed by atoms with van der Waals surface area (Å²) < 4.78 is 4.88. The molecule has 1 aromatic carbocycles. The van der Waals surface area contributed by atoms with Crippen molar-refractivity contribution in [2.75, 3.05) is 23.4 Å². The lowest BCUT2D eigenvalue weighted by Crippen LogP contribution is -2.32. The molecule has 2 rings (SSSR count). The summed E-state index contributed by atoms with van der Waals surface area (Å²) in [5.41, 5.74) is 0.902. The van der Waals surface area contributed by atoms with Gasteiger partial charge in [-0.05, 0) is 31.5 Å². The maximum atomic E-state index is 12.4. The highest BCUT2D eigenvalue weighted by atomic mass is 35.5. The molecule has 6 nitrogen and oxygen atoms in total. The molecule has 9 heteroatoms. The quantitative estimate of drug-likeness (QED) is 0.704. The molecule has 26 heavy (non-hydrogen) atoms. The van der Waals surface area contributed by atoms with Crippen LogP contribution in [0.1, 0.15) is 18.2 Å². The van der Waals surface area contributed by atoms with Gasteiger partial charge in [0.25, 0.3) is 0 Å². The Morgan fingerprint density at radius 3 is 2.62 bits per heavy atom. The number of aromatic nitrogens is 1. The lowest BCUT2D eigenvalue weighted by Gasteiger charge is -2.21. The van der Waals surface area contributed by atoms with Gasteiger partial charge in [-0.15, -0.1) is 11.8 Å². The Morgan fingerprint density at radius 2 is 2.00 bits per heavy atom. The van der Waals surface area contributed by atoms with E-state index in [1.54, 1.807) is 30.0 Å². The number of carbonyl (C=O) groups is 2. The molecule has 1 aromatic heterocycles. The highest BCUT2D eigenvalue weighted by molar-refractivity contribution is 8.00. The van der Waals surface area contributed by atoms with Crippen LogP contribution in [0.5, 0.6) is 0 Å². The number of rotatable bonds is 8. The molecule has 0 aliphatic heterocycles. The topological polar surface area (TPSA) is 75.4 Å². The number of amides is 2. The molecule has 0 radical (unpaired) electrons. The highest BCUT2D eigenvalue weighted by Gasteiger charge is 2.14. The second kappa shape index (κ2) is 9.85. The molecule has 0 atom stereocenters. The van der Waals surface area contributed by atoms with Crippen LogP contribution >= 0.6 is 35.0 Å². The largest absolute Gasteiger partial charge is 0.360 e. The third-order valence-corrected chi connectivity index (χ3v) is 5.10. The van der Waals surface area contributed by atoms with Crippen LogP contribution in [0.3, 0.4) is 0 Å². The Labute approximate surface area is 166 Å². The van der Waals surface area contributed by atoms with Crippen molar-refractivity contribution >= 4 is 52.6 Å². The van der Waals surface area contributed by atoms with Crippen molar-refractivity contribution in [1.29, 1.82) is 0 Å². The zero-order valence-corrected chi connectivity index (χ0v) is 16.7. The fraction of sp³-hybridized carbons (Fsp3) is 0.353. The number of anilines is 1. The molecule has 0 aliphatic rings. The molecule has 0 aliphatic carbocycles. The first-order valence-electron chi connectivity index (χ1n) is 7.91. The van der Waals surface area contributed by atoms with E-state index in [-0.39, 0.29) is 23.3 Å². The maximum Gasteiger partial charge on any atom is 0.235 e. The third kappa shape index (κ3) is 6.23. The van der Waals surface area contributed by atoms with Gasteiger partial charge >= 0.3 is 0 Å². The lowest BCUT2D eigenvalue weighted by atomic mass is 10.2. The van der Waals surface area contributed by atoms with Gasteiger partial charge in [-0.3, -0.25) is 9.59 Å². The minimum absolute atomic E-state index is 0.0475. The van der Waals surface area contributed by atoms with Gasteiger partial charge in [0.1, 0.15) is 5.76 Å². The standard InChI is InChI=1S/C17H19Cl2N3O3S/c1-3-22(8-12-4-5-13(18)14(19)7-12)17(24)10-26-9-16(23)20-15-6-11(2)25-21-15/h4-7H,3,8-10H2,1-2H3,(H,20,21,23). The van der Waals surface area contributed by atoms with Crippen molar-refractivity contribution in [2.45, 2.75) is 20.4 Å².